The Bertz CT molecular complexity index is 220. The van der Waals surface area contributed by atoms with E-state index >= 15 is 0 Å². The minimum Gasteiger partial charge on any atom is -0.491 e. The van der Waals surface area contributed by atoms with Crippen LogP contribution in [0.3, 0.4) is 0 Å². The van der Waals surface area contributed by atoms with Gasteiger partial charge < -0.3 is 15.2 Å². The molecule has 0 saturated carbocycles. The molecular formula is C9H12NO2. The van der Waals surface area contributed by atoms with Crippen LogP contribution < -0.4 is 10.5 Å². The maximum absolute atomic E-state index is 7.22. The summed E-state index contributed by atoms with van der Waals surface area (Å²) in [5, 5.41) is 0. The highest BCUT2D eigenvalue weighted by Gasteiger charge is 1.91. The molecule has 1 radical (unpaired) electrons. The molecule has 1 rings (SSSR count). The van der Waals surface area contributed by atoms with Gasteiger partial charge in [0, 0.05) is 7.11 Å². The first kappa shape index (κ1) is 8.87. The molecule has 0 spiro atoms. The summed E-state index contributed by atoms with van der Waals surface area (Å²) in [5.74, 6) is 0.781. The number of methoxy groups -OCH3 is 1. The number of hydrogen-bond acceptors (Lipinski definition) is 2. The zero-order valence-corrected chi connectivity index (χ0v) is 7.04. The predicted molar refractivity (Wildman–Crippen MR) is 46.6 cm³/mol. The largest absolute Gasteiger partial charge is 0.491 e. The Hall–Kier alpha value is -1.22. The number of ether oxygens (including phenoxy) is 2. The molecule has 0 aliphatic rings. The van der Waals surface area contributed by atoms with E-state index in [1.165, 1.54) is 0 Å². The van der Waals surface area contributed by atoms with E-state index in [4.69, 9.17) is 15.2 Å². The fourth-order valence-corrected chi connectivity index (χ4v) is 0.794. The summed E-state index contributed by atoms with van der Waals surface area (Å²) in [6.45, 7) is 1.14. The van der Waals surface area contributed by atoms with Crippen molar-refractivity contribution in [3.63, 3.8) is 0 Å². The monoisotopic (exact) mass is 166 g/mol. The van der Waals surface area contributed by atoms with Gasteiger partial charge in [0.25, 0.3) is 0 Å². The summed E-state index contributed by atoms with van der Waals surface area (Å²) < 4.78 is 10.1. The van der Waals surface area contributed by atoms with E-state index < -0.39 is 0 Å². The molecule has 1 aromatic rings. The van der Waals surface area contributed by atoms with Crippen molar-refractivity contribution in [2.75, 3.05) is 20.3 Å². The third-order valence-corrected chi connectivity index (χ3v) is 1.41. The van der Waals surface area contributed by atoms with Crippen LogP contribution in [0.15, 0.2) is 24.3 Å². The molecule has 65 valence electrons. The van der Waals surface area contributed by atoms with Crippen LogP contribution in [0.25, 0.3) is 0 Å². The number of rotatable bonds is 4. The van der Waals surface area contributed by atoms with Crippen molar-refractivity contribution >= 4 is 5.69 Å². The molecule has 0 saturated heterocycles. The molecule has 3 heteroatoms. The minimum atomic E-state index is 0.495. The number of nitrogens with one attached hydrogen (secondary N) is 1. The molecule has 12 heavy (non-hydrogen) atoms. The van der Waals surface area contributed by atoms with Crippen LogP contribution in [0.1, 0.15) is 0 Å². The SMILES string of the molecule is COCCOc1ccc([NH])cc1. The van der Waals surface area contributed by atoms with Crippen molar-refractivity contribution < 1.29 is 9.47 Å². The molecule has 0 atom stereocenters. The standard InChI is InChI=1S/C9H12NO2/c1-11-6-7-12-9-4-2-8(10)3-5-9/h2-5,10H,6-7H2,1H3. The highest BCUT2D eigenvalue weighted by molar-refractivity contribution is 5.38. The average Bonchev–Trinajstić information content (AvgIpc) is 2.09. The van der Waals surface area contributed by atoms with Crippen LogP contribution in [0.4, 0.5) is 5.69 Å². The molecule has 1 N–H and O–H groups in total. The molecule has 0 aliphatic heterocycles. The first-order chi connectivity index (χ1) is 5.83. The molecule has 0 bridgehead atoms. The second kappa shape index (κ2) is 4.62. The van der Waals surface area contributed by atoms with Crippen LogP contribution >= 0.6 is 0 Å². The van der Waals surface area contributed by atoms with E-state index in [2.05, 4.69) is 0 Å². The van der Waals surface area contributed by atoms with Gasteiger partial charge in [-0.3, -0.25) is 0 Å². The van der Waals surface area contributed by atoms with Crippen LogP contribution in [-0.4, -0.2) is 20.3 Å². The highest BCUT2D eigenvalue weighted by Crippen LogP contribution is 2.13. The Labute approximate surface area is 72.1 Å². The van der Waals surface area contributed by atoms with Gasteiger partial charge in [0.1, 0.15) is 12.4 Å². The first-order valence-corrected chi connectivity index (χ1v) is 3.76. The fourth-order valence-electron chi connectivity index (χ4n) is 0.794. The molecule has 1 aromatic carbocycles. The van der Waals surface area contributed by atoms with Crippen LogP contribution in [-0.2, 0) is 4.74 Å². The average molecular weight is 166 g/mol. The second-order valence-electron chi connectivity index (χ2n) is 2.37. The van der Waals surface area contributed by atoms with Crippen molar-refractivity contribution in [3.05, 3.63) is 24.3 Å². The lowest BCUT2D eigenvalue weighted by molar-refractivity contribution is 0.146. The minimum absolute atomic E-state index is 0.495. The Morgan fingerprint density at radius 3 is 2.42 bits per heavy atom. The van der Waals surface area contributed by atoms with Gasteiger partial charge in [0.05, 0.1) is 12.3 Å². The van der Waals surface area contributed by atoms with E-state index in [1.54, 1.807) is 31.4 Å². The normalized spacial score (nSPS) is 9.75. The van der Waals surface area contributed by atoms with E-state index in [9.17, 15) is 0 Å². The molecular weight excluding hydrogens is 154 g/mol. The lowest BCUT2D eigenvalue weighted by atomic mass is 10.3. The lowest BCUT2D eigenvalue weighted by Crippen LogP contribution is -2.03. The maximum atomic E-state index is 7.22. The summed E-state index contributed by atoms with van der Waals surface area (Å²) in [4.78, 5) is 0. The van der Waals surface area contributed by atoms with Crippen molar-refractivity contribution in [3.8, 4) is 5.75 Å². The van der Waals surface area contributed by atoms with Crippen molar-refractivity contribution in [1.82, 2.24) is 5.73 Å². The Morgan fingerprint density at radius 1 is 1.17 bits per heavy atom. The summed E-state index contributed by atoms with van der Waals surface area (Å²) in [5.41, 5.74) is 7.72. The number of benzene rings is 1. The lowest BCUT2D eigenvalue weighted by Gasteiger charge is -2.04. The van der Waals surface area contributed by atoms with Crippen LogP contribution in [0, 0.1) is 0 Å². The predicted octanol–water partition coefficient (Wildman–Crippen LogP) is 1.63. The fraction of sp³-hybridized carbons (Fsp3) is 0.333. The Morgan fingerprint density at radius 2 is 1.83 bits per heavy atom. The zero-order chi connectivity index (χ0) is 8.81. The van der Waals surface area contributed by atoms with Crippen molar-refractivity contribution in [1.29, 1.82) is 0 Å². The second-order valence-corrected chi connectivity index (χ2v) is 2.37. The molecule has 3 nitrogen and oxygen atoms in total. The Balaban J connectivity index is 2.37. The topological polar surface area (TPSA) is 42.3 Å². The van der Waals surface area contributed by atoms with Crippen LogP contribution in [0.5, 0.6) is 5.75 Å². The van der Waals surface area contributed by atoms with Crippen LogP contribution in [0.2, 0.25) is 0 Å². The van der Waals surface area contributed by atoms with E-state index in [0.29, 0.717) is 18.9 Å². The van der Waals surface area contributed by atoms with Gasteiger partial charge in [-0.2, -0.15) is 0 Å². The van der Waals surface area contributed by atoms with Gasteiger partial charge in [0.2, 0.25) is 0 Å². The summed E-state index contributed by atoms with van der Waals surface area (Å²) >= 11 is 0. The number of hydrogen-bond donors (Lipinski definition) is 0. The smallest absolute Gasteiger partial charge is 0.119 e. The van der Waals surface area contributed by atoms with Crippen molar-refractivity contribution in [2.24, 2.45) is 0 Å². The van der Waals surface area contributed by atoms with E-state index in [0.717, 1.165) is 5.75 Å². The maximum Gasteiger partial charge on any atom is 0.119 e. The molecule has 0 heterocycles. The van der Waals surface area contributed by atoms with E-state index in [1.807, 2.05) is 0 Å². The van der Waals surface area contributed by atoms with Gasteiger partial charge in [-0.05, 0) is 24.3 Å². The van der Waals surface area contributed by atoms with E-state index in [-0.39, 0.29) is 0 Å². The molecule has 0 aromatic heterocycles. The quantitative estimate of drug-likeness (QED) is 0.638. The third-order valence-electron chi connectivity index (χ3n) is 1.41. The van der Waals surface area contributed by atoms with Gasteiger partial charge in [-0.25, -0.2) is 0 Å². The summed E-state index contributed by atoms with van der Waals surface area (Å²) in [6.07, 6.45) is 0. The zero-order valence-electron chi connectivity index (χ0n) is 7.04. The molecule has 0 amide bonds. The summed E-state index contributed by atoms with van der Waals surface area (Å²) in [7, 11) is 1.64. The molecule has 0 aliphatic carbocycles. The van der Waals surface area contributed by atoms with Gasteiger partial charge in [-0.1, -0.05) is 0 Å². The van der Waals surface area contributed by atoms with Gasteiger partial charge in [-0.15, -0.1) is 0 Å². The highest BCUT2D eigenvalue weighted by atomic mass is 16.5. The first-order valence-electron chi connectivity index (χ1n) is 3.76. The summed E-state index contributed by atoms with van der Waals surface area (Å²) in [6, 6.07) is 6.94. The van der Waals surface area contributed by atoms with Gasteiger partial charge >= 0.3 is 0 Å². The third kappa shape index (κ3) is 2.80. The van der Waals surface area contributed by atoms with Gasteiger partial charge in [0.15, 0.2) is 0 Å². The molecule has 0 unspecified atom stereocenters. The van der Waals surface area contributed by atoms with Crippen molar-refractivity contribution in [2.45, 2.75) is 0 Å². The molecule has 0 fully saturated rings. The Kier molecular flexibility index (Phi) is 3.41.